The number of halogens is 4. The molecule has 1 rings (SSSR count). The molecule has 5 nitrogen and oxygen atoms in total. The van der Waals surface area contributed by atoms with Crippen molar-refractivity contribution in [3.63, 3.8) is 0 Å². The van der Waals surface area contributed by atoms with Crippen molar-refractivity contribution in [2.75, 3.05) is 37.5 Å². The van der Waals surface area contributed by atoms with Crippen LogP contribution in [0.25, 0.3) is 0 Å². The SMILES string of the molecule is CCN(CCCS(=O)(=O)OCC(F)(F)F)c1cc(I)ccc1OC. The lowest BCUT2D eigenvalue weighted by Crippen LogP contribution is -2.27. The first-order chi connectivity index (χ1) is 11.1. The van der Waals surface area contributed by atoms with E-state index in [-0.39, 0.29) is 6.42 Å². The van der Waals surface area contributed by atoms with Gasteiger partial charge in [0.15, 0.2) is 6.61 Å². The average Bonchev–Trinajstić information content (AvgIpc) is 2.49. The zero-order valence-electron chi connectivity index (χ0n) is 13.3. The minimum absolute atomic E-state index is 0.142. The summed E-state index contributed by atoms with van der Waals surface area (Å²) in [7, 11) is -2.67. The van der Waals surface area contributed by atoms with Gasteiger partial charge in [0, 0.05) is 16.7 Å². The van der Waals surface area contributed by atoms with Crippen LogP contribution >= 0.6 is 22.6 Å². The Bertz CT molecular complexity index is 637. The van der Waals surface area contributed by atoms with E-state index in [1.807, 2.05) is 30.0 Å². The van der Waals surface area contributed by atoms with Gasteiger partial charge in [-0.3, -0.25) is 4.18 Å². The van der Waals surface area contributed by atoms with E-state index in [2.05, 4.69) is 26.8 Å². The molecule has 0 saturated heterocycles. The molecular weight excluding hydrogens is 462 g/mol. The summed E-state index contributed by atoms with van der Waals surface area (Å²) in [5.74, 6) is 0.166. The summed E-state index contributed by atoms with van der Waals surface area (Å²) in [4.78, 5) is 1.90. The summed E-state index contributed by atoms with van der Waals surface area (Å²) in [6, 6.07) is 5.59. The maximum absolute atomic E-state index is 12.0. The molecule has 0 radical (unpaired) electrons. The number of alkyl halides is 3. The van der Waals surface area contributed by atoms with E-state index in [9.17, 15) is 21.6 Å². The summed E-state index contributed by atoms with van der Waals surface area (Å²) in [5.41, 5.74) is 0.806. The molecule has 0 aliphatic rings. The summed E-state index contributed by atoms with van der Waals surface area (Å²) in [6.07, 6.45) is -4.53. The molecule has 0 aromatic heterocycles. The van der Waals surface area contributed by atoms with Crippen LogP contribution in [-0.2, 0) is 14.3 Å². The maximum Gasteiger partial charge on any atom is 0.413 e. The highest BCUT2D eigenvalue weighted by Gasteiger charge is 2.30. The Morgan fingerprint density at radius 1 is 1.29 bits per heavy atom. The third-order valence-electron chi connectivity index (χ3n) is 3.09. The Kier molecular flexibility index (Phi) is 8.06. The van der Waals surface area contributed by atoms with Crippen LogP contribution in [0.15, 0.2) is 18.2 Å². The Morgan fingerprint density at radius 2 is 1.96 bits per heavy atom. The first kappa shape index (κ1) is 21.3. The monoisotopic (exact) mass is 481 g/mol. The number of rotatable bonds is 9. The minimum atomic E-state index is -4.67. The lowest BCUT2D eigenvalue weighted by Gasteiger charge is -2.25. The molecule has 0 atom stereocenters. The molecule has 0 aliphatic heterocycles. The molecule has 24 heavy (non-hydrogen) atoms. The van der Waals surface area contributed by atoms with Gasteiger partial charge in [0.25, 0.3) is 10.1 Å². The normalized spacial score (nSPS) is 12.2. The summed E-state index contributed by atoms with van der Waals surface area (Å²) < 4.78 is 69.3. The van der Waals surface area contributed by atoms with Gasteiger partial charge in [0.05, 0.1) is 18.6 Å². The first-order valence-electron chi connectivity index (χ1n) is 7.10. The fourth-order valence-electron chi connectivity index (χ4n) is 2.01. The van der Waals surface area contributed by atoms with Crippen LogP contribution in [0, 0.1) is 3.57 Å². The molecule has 0 amide bonds. The Hall–Kier alpha value is -0.750. The minimum Gasteiger partial charge on any atom is -0.495 e. The zero-order chi connectivity index (χ0) is 18.4. The average molecular weight is 481 g/mol. The van der Waals surface area contributed by atoms with Crippen LogP contribution in [-0.4, -0.2) is 47.2 Å². The smallest absolute Gasteiger partial charge is 0.413 e. The molecule has 0 bridgehead atoms. The molecule has 0 aliphatic carbocycles. The lowest BCUT2D eigenvalue weighted by atomic mass is 10.2. The van der Waals surface area contributed by atoms with E-state index in [1.165, 1.54) is 7.11 Å². The van der Waals surface area contributed by atoms with Crippen LogP contribution in [0.2, 0.25) is 0 Å². The second-order valence-corrected chi connectivity index (χ2v) is 7.89. The molecule has 0 saturated carbocycles. The molecule has 0 unspecified atom stereocenters. The van der Waals surface area contributed by atoms with Crippen molar-refractivity contribution in [3.05, 3.63) is 21.8 Å². The van der Waals surface area contributed by atoms with E-state index in [0.29, 0.717) is 18.8 Å². The van der Waals surface area contributed by atoms with Gasteiger partial charge in [-0.15, -0.1) is 0 Å². The topological polar surface area (TPSA) is 55.8 Å². The molecule has 0 fully saturated rings. The number of benzene rings is 1. The third kappa shape index (κ3) is 7.43. The van der Waals surface area contributed by atoms with Gasteiger partial charge in [-0.2, -0.15) is 21.6 Å². The highest BCUT2D eigenvalue weighted by molar-refractivity contribution is 14.1. The van der Waals surface area contributed by atoms with Gasteiger partial charge in [-0.1, -0.05) is 0 Å². The number of hydrogen-bond donors (Lipinski definition) is 0. The van der Waals surface area contributed by atoms with Crippen LogP contribution in [0.1, 0.15) is 13.3 Å². The van der Waals surface area contributed by atoms with Crippen molar-refractivity contribution >= 4 is 38.4 Å². The second kappa shape index (κ2) is 9.09. The van der Waals surface area contributed by atoms with E-state index < -0.39 is 28.7 Å². The second-order valence-electron chi connectivity index (χ2n) is 4.89. The van der Waals surface area contributed by atoms with Crippen molar-refractivity contribution in [1.82, 2.24) is 0 Å². The Labute approximate surface area is 153 Å². The number of ether oxygens (including phenoxy) is 1. The number of methoxy groups -OCH3 is 1. The molecule has 0 spiro atoms. The van der Waals surface area contributed by atoms with Gasteiger partial charge in [-0.25, -0.2) is 0 Å². The number of nitrogens with zero attached hydrogens (tertiary/aromatic N) is 1. The fourth-order valence-corrected chi connectivity index (χ4v) is 3.40. The molecule has 138 valence electrons. The van der Waals surface area contributed by atoms with Gasteiger partial charge in [0.2, 0.25) is 0 Å². The number of hydrogen-bond acceptors (Lipinski definition) is 5. The van der Waals surface area contributed by atoms with Crippen molar-refractivity contribution in [1.29, 1.82) is 0 Å². The molecule has 0 heterocycles. The maximum atomic E-state index is 12.0. The zero-order valence-corrected chi connectivity index (χ0v) is 16.2. The van der Waals surface area contributed by atoms with E-state index in [0.717, 1.165) is 9.26 Å². The van der Waals surface area contributed by atoms with Crippen LogP contribution in [0.4, 0.5) is 18.9 Å². The first-order valence-corrected chi connectivity index (χ1v) is 9.76. The Balaban J connectivity index is 2.66. The van der Waals surface area contributed by atoms with Crippen molar-refractivity contribution in [2.24, 2.45) is 0 Å². The largest absolute Gasteiger partial charge is 0.495 e. The van der Waals surface area contributed by atoms with Crippen LogP contribution in [0.3, 0.4) is 0 Å². The quantitative estimate of drug-likeness (QED) is 0.400. The number of anilines is 1. The fraction of sp³-hybridized carbons (Fsp3) is 0.571. The molecule has 1 aromatic carbocycles. The van der Waals surface area contributed by atoms with E-state index >= 15 is 0 Å². The van der Waals surface area contributed by atoms with Gasteiger partial charge in [0.1, 0.15) is 5.75 Å². The van der Waals surface area contributed by atoms with Crippen molar-refractivity contribution in [3.8, 4) is 5.75 Å². The standard InChI is InChI=1S/C14H19F3INO4S/c1-3-19(12-9-11(18)5-6-13(12)22-2)7-4-8-24(20,21)23-10-14(15,16)17/h5-6,9H,3-4,7-8,10H2,1-2H3. The molecular formula is C14H19F3INO4S. The highest BCUT2D eigenvalue weighted by atomic mass is 127. The molecule has 1 aromatic rings. The lowest BCUT2D eigenvalue weighted by molar-refractivity contribution is -0.152. The van der Waals surface area contributed by atoms with E-state index in [4.69, 9.17) is 4.74 Å². The summed E-state index contributed by atoms with van der Waals surface area (Å²) in [5, 5.41) is 0. The van der Waals surface area contributed by atoms with Crippen molar-refractivity contribution in [2.45, 2.75) is 19.5 Å². The predicted molar refractivity (Wildman–Crippen MR) is 94.0 cm³/mol. The highest BCUT2D eigenvalue weighted by Crippen LogP contribution is 2.30. The summed E-state index contributed by atoms with van der Waals surface area (Å²) in [6.45, 7) is 1.05. The van der Waals surface area contributed by atoms with Gasteiger partial charge in [-0.05, 0) is 54.1 Å². The predicted octanol–water partition coefficient (Wildman–Crippen LogP) is 3.42. The van der Waals surface area contributed by atoms with Crippen LogP contribution < -0.4 is 9.64 Å². The molecule has 0 N–H and O–H groups in total. The van der Waals surface area contributed by atoms with Gasteiger partial charge >= 0.3 is 6.18 Å². The van der Waals surface area contributed by atoms with E-state index in [1.54, 1.807) is 0 Å². The van der Waals surface area contributed by atoms with Crippen molar-refractivity contribution < 1.29 is 30.5 Å². The van der Waals surface area contributed by atoms with Crippen LogP contribution in [0.5, 0.6) is 5.75 Å². The Morgan fingerprint density at radius 3 is 2.50 bits per heavy atom. The third-order valence-corrected chi connectivity index (χ3v) is 5.02. The summed E-state index contributed by atoms with van der Waals surface area (Å²) >= 11 is 2.15. The van der Waals surface area contributed by atoms with Gasteiger partial charge < -0.3 is 9.64 Å². The molecule has 10 heteroatoms.